The molecule has 0 heterocycles. The number of rotatable bonds is 6. The summed E-state index contributed by atoms with van der Waals surface area (Å²) < 4.78 is 0. The maximum Gasteiger partial charge on any atom is 0.275 e. The zero-order valence-corrected chi connectivity index (χ0v) is 12.5. The third-order valence-corrected chi connectivity index (χ3v) is 3.63. The van der Waals surface area contributed by atoms with Crippen LogP contribution in [0.3, 0.4) is 0 Å². The van der Waals surface area contributed by atoms with Gasteiger partial charge in [0.2, 0.25) is 0 Å². The van der Waals surface area contributed by atoms with Gasteiger partial charge in [-0.05, 0) is 24.1 Å². The Morgan fingerprint density at radius 1 is 1.24 bits per heavy atom. The molecule has 0 aliphatic rings. The highest BCUT2D eigenvalue weighted by Gasteiger charge is 2.16. The second-order valence-electron chi connectivity index (χ2n) is 4.78. The van der Waals surface area contributed by atoms with Gasteiger partial charge in [0, 0.05) is 29.2 Å². The molecular formula is C16H17ClN2O2. The molecule has 0 aromatic heterocycles. The van der Waals surface area contributed by atoms with Crippen LogP contribution in [0, 0.1) is 10.1 Å². The lowest BCUT2D eigenvalue weighted by molar-refractivity contribution is -0.385. The highest BCUT2D eigenvalue weighted by atomic mass is 35.5. The van der Waals surface area contributed by atoms with Crippen LogP contribution in [-0.4, -0.2) is 4.92 Å². The van der Waals surface area contributed by atoms with Gasteiger partial charge in [0.05, 0.1) is 4.92 Å². The highest BCUT2D eigenvalue weighted by molar-refractivity contribution is 6.30. The maximum absolute atomic E-state index is 11.1. The van der Waals surface area contributed by atoms with Crippen LogP contribution >= 0.6 is 11.6 Å². The van der Waals surface area contributed by atoms with E-state index in [1.54, 1.807) is 12.1 Å². The molecule has 1 unspecified atom stereocenters. The van der Waals surface area contributed by atoms with Gasteiger partial charge >= 0.3 is 0 Å². The molecule has 2 aromatic carbocycles. The van der Waals surface area contributed by atoms with Gasteiger partial charge in [-0.1, -0.05) is 48.9 Å². The Morgan fingerprint density at radius 2 is 1.95 bits per heavy atom. The van der Waals surface area contributed by atoms with Crippen LogP contribution in [0.4, 0.5) is 5.69 Å². The second-order valence-corrected chi connectivity index (χ2v) is 5.22. The lowest BCUT2D eigenvalue weighted by atomic mass is 10.0. The third kappa shape index (κ3) is 4.03. The van der Waals surface area contributed by atoms with Gasteiger partial charge in [0.15, 0.2) is 0 Å². The van der Waals surface area contributed by atoms with Crippen LogP contribution in [0.2, 0.25) is 5.02 Å². The van der Waals surface area contributed by atoms with Crippen molar-refractivity contribution in [2.75, 3.05) is 0 Å². The summed E-state index contributed by atoms with van der Waals surface area (Å²) in [5.74, 6) is 0. The van der Waals surface area contributed by atoms with E-state index in [1.807, 2.05) is 18.2 Å². The summed E-state index contributed by atoms with van der Waals surface area (Å²) in [5.41, 5.74) is 1.87. The average molecular weight is 305 g/mol. The number of halogens is 1. The summed E-state index contributed by atoms with van der Waals surface area (Å²) in [6.45, 7) is 2.52. The van der Waals surface area contributed by atoms with Gasteiger partial charge in [-0.15, -0.1) is 0 Å². The lowest BCUT2D eigenvalue weighted by Crippen LogP contribution is -2.20. The maximum atomic E-state index is 11.1. The van der Waals surface area contributed by atoms with E-state index in [1.165, 1.54) is 11.6 Å². The molecule has 4 nitrogen and oxygen atoms in total. The first-order valence-electron chi connectivity index (χ1n) is 6.83. The van der Waals surface area contributed by atoms with E-state index in [-0.39, 0.29) is 11.7 Å². The average Bonchev–Trinajstić information content (AvgIpc) is 2.50. The molecule has 5 heteroatoms. The molecule has 110 valence electrons. The monoisotopic (exact) mass is 304 g/mol. The van der Waals surface area contributed by atoms with E-state index in [4.69, 9.17) is 11.6 Å². The summed E-state index contributed by atoms with van der Waals surface area (Å²) in [7, 11) is 0. The fourth-order valence-corrected chi connectivity index (χ4v) is 2.44. The molecular weight excluding hydrogens is 288 g/mol. The van der Waals surface area contributed by atoms with E-state index in [0.29, 0.717) is 17.1 Å². The third-order valence-electron chi connectivity index (χ3n) is 3.39. The van der Waals surface area contributed by atoms with E-state index in [9.17, 15) is 10.1 Å². The molecule has 0 amide bonds. The quantitative estimate of drug-likeness (QED) is 0.632. The Kier molecular flexibility index (Phi) is 5.31. The molecule has 0 spiro atoms. The number of nitro benzene ring substituents is 1. The summed E-state index contributed by atoms with van der Waals surface area (Å²) in [6.07, 6.45) is 0.908. The summed E-state index contributed by atoms with van der Waals surface area (Å²) >= 11 is 5.82. The molecule has 0 aliphatic heterocycles. The number of nitrogens with zero attached hydrogens (tertiary/aromatic N) is 1. The molecule has 0 saturated heterocycles. The molecule has 21 heavy (non-hydrogen) atoms. The molecule has 2 rings (SSSR count). The van der Waals surface area contributed by atoms with Crippen molar-refractivity contribution in [3.8, 4) is 0 Å². The van der Waals surface area contributed by atoms with Gasteiger partial charge in [-0.3, -0.25) is 10.1 Å². The zero-order valence-electron chi connectivity index (χ0n) is 11.8. The van der Waals surface area contributed by atoms with Gasteiger partial charge in [0.1, 0.15) is 0 Å². The highest BCUT2D eigenvalue weighted by Crippen LogP contribution is 2.24. The predicted octanol–water partition coefficient (Wildman–Crippen LogP) is 4.49. The summed E-state index contributed by atoms with van der Waals surface area (Å²) in [4.78, 5) is 10.7. The van der Waals surface area contributed by atoms with Crippen molar-refractivity contribution in [3.05, 3.63) is 74.8 Å². The molecule has 0 fully saturated rings. The van der Waals surface area contributed by atoms with Crippen LogP contribution in [0.25, 0.3) is 0 Å². The Hall–Kier alpha value is -1.91. The second kappa shape index (κ2) is 7.20. The molecule has 1 atom stereocenters. The molecule has 2 aromatic rings. The molecule has 0 aliphatic carbocycles. The van der Waals surface area contributed by atoms with Crippen LogP contribution < -0.4 is 5.32 Å². The normalized spacial score (nSPS) is 12.1. The minimum absolute atomic E-state index is 0.0536. The van der Waals surface area contributed by atoms with E-state index in [0.717, 1.165) is 6.42 Å². The van der Waals surface area contributed by atoms with Crippen molar-refractivity contribution >= 4 is 17.3 Å². The number of hydrogen-bond donors (Lipinski definition) is 1. The van der Waals surface area contributed by atoms with Gasteiger partial charge in [0.25, 0.3) is 5.69 Å². The zero-order chi connectivity index (χ0) is 15.2. The fourth-order valence-electron chi connectivity index (χ4n) is 2.27. The Labute approximate surface area is 128 Å². The summed E-state index contributed by atoms with van der Waals surface area (Å²) in [5, 5.41) is 14.8. The van der Waals surface area contributed by atoms with Crippen molar-refractivity contribution in [1.82, 2.24) is 5.32 Å². The van der Waals surface area contributed by atoms with Crippen LogP contribution in [0.1, 0.15) is 30.5 Å². The Balaban J connectivity index is 2.14. The van der Waals surface area contributed by atoms with Gasteiger partial charge < -0.3 is 5.32 Å². The smallest absolute Gasteiger partial charge is 0.275 e. The van der Waals surface area contributed by atoms with Crippen LogP contribution in [0.5, 0.6) is 0 Å². The van der Waals surface area contributed by atoms with E-state index in [2.05, 4.69) is 24.4 Å². The fraction of sp³-hybridized carbons (Fsp3) is 0.250. The number of nitro groups is 1. The van der Waals surface area contributed by atoms with E-state index < -0.39 is 4.92 Å². The Morgan fingerprint density at radius 3 is 2.57 bits per heavy atom. The van der Waals surface area contributed by atoms with Crippen molar-refractivity contribution in [3.63, 3.8) is 0 Å². The minimum atomic E-state index is -0.396. The van der Waals surface area contributed by atoms with Crippen molar-refractivity contribution in [2.24, 2.45) is 0 Å². The van der Waals surface area contributed by atoms with Crippen molar-refractivity contribution < 1.29 is 4.92 Å². The number of benzene rings is 2. The lowest BCUT2D eigenvalue weighted by Gasteiger charge is -2.17. The number of nitrogens with one attached hydrogen (secondary N) is 1. The summed E-state index contributed by atoms with van der Waals surface area (Å²) in [6, 6.07) is 15.0. The first-order valence-corrected chi connectivity index (χ1v) is 7.20. The van der Waals surface area contributed by atoms with Crippen molar-refractivity contribution in [1.29, 1.82) is 0 Å². The number of hydrogen-bond acceptors (Lipinski definition) is 3. The SMILES string of the molecule is CCC(NCc1ccc(Cl)cc1[N+](=O)[O-])c1ccccc1. The topological polar surface area (TPSA) is 55.2 Å². The first-order chi connectivity index (χ1) is 10.1. The molecule has 0 saturated carbocycles. The minimum Gasteiger partial charge on any atom is -0.306 e. The van der Waals surface area contributed by atoms with Crippen molar-refractivity contribution in [2.45, 2.75) is 25.9 Å². The standard InChI is InChI=1S/C16H17ClN2O2/c1-2-15(12-6-4-3-5-7-12)18-11-13-8-9-14(17)10-16(13)19(20)21/h3-10,15,18H,2,11H2,1H3. The predicted molar refractivity (Wildman–Crippen MR) is 84.4 cm³/mol. The molecule has 1 N–H and O–H groups in total. The largest absolute Gasteiger partial charge is 0.306 e. The molecule has 0 bridgehead atoms. The van der Waals surface area contributed by atoms with E-state index >= 15 is 0 Å². The van der Waals surface area contributed by atoms with Gasteiger partial charge in [-0.2, -0.15) is 0 Å². The van der Waals surface area contributed by atoms with Gasteiger partial charge in [-0.25, -0.2) is 0 Å². The first kappa shape index (κ1) is 15.5. The van der Waals surface area contributed by atoms with Crippen LogP contribution in [0.15, 0.2) is 48.5 Å². The Bertz CT molecular complexity index is 617. The van der Waals surface area contributed by atoms with Crippen LogP contribution in [-0.2, 0) is 6.54 Å². The molecule has 0 radical (unpaired) electrons.